The molecule has 4 aromatic rings. The summed E-state index contributed by atoms with van der Waals surface area (Å²) in [4.78, 5) is 59.8. The van der Waals surface area contributed by atoms with Gasteiger partial charge >= 0.3 is 0 Å². The molecule has 0 saturated carbocycles. The van der Waals surface area contributed by atoms with E-state index in [2.05, 4.69) is 30.6 Å². The predicted molar refractivity (Wildman–Crippen MR) is 158 cm³/mol. The molecular weight excluding hydrogens is 558 g/mol. The number of hydrogen-bond donors (Lipinski definition) is 4. The summed E-state index contributed by atoms with van der Waals surface area (Å²) in [6.07, 6.45) is 6.69. The van der Waals surface area contributed by atoms with Crippen molar-refractivity contribution in [2.45, 2.75) is 51.3 Å². The van der Waals surface area contributed by atoms with Crippen LogP contribution >= 0.6 is 11.3 Å². The van der Waals surface area contributed by atoms with E-state index in [1.807, 2.05) is 17.9 Å². The molecule has 0 radical (unpaired) electrons. The third kappa shape index (κ3) is 5.30. The third-order valence-corrected chi connectivity index (χ3v) is 9.00. The number of hydrogen-bond acceptors (Lipinski definition) is 11. The van der Waals surface area contributed by atoms with Gasteiger partial charge in [0.15, 0.2) is 0 Å². The summed E-state index contributed by atoms with van der Waals surface area (Å²) in [7, 11) is 0. The van der Waals surface area contributed by atoms with Crippen molar-refractivity contribution in [3.05, 3.63) is 63.5 Å². The Bertz CT molecular complexity index is 1720. The average molecular weight is 590 g/mol. The van der Waals surface area contributed by atoms with Gasteiger partial charge in [-0.15, -0.1) is 11.3 Å². The molecule has 13 nitrogen and oxygen atoms in total. The van der Waals surface area contributed by atoms with Crippen LogP contribution in [0.3, 0.4) is 0 Å². The second-order valence-electron chi connectivity index (χ2n) is 10.9. The first-order valence-corrected chi connectivity index (χ1v) is 14.6. The standard InChI is InChI=1S/C28H31N9O4S/c1-14-5-21(26(40)32-11-19-6-17-8-30-23(29)7-22(17)42-19)37-24(14)31-12-20(27(37)41)35-25(39)18-9-33-28(34-10-18)36-4-3-16(13-36)15(2)38/h6-10,12,14-16,21,38H,3-5,11,13H2,1-2H3,(H2,29,30)(H,32,40)(H,35,39)/t14-,15?,16-,21+/m1/s1. The maximum absolute atomic E-state index is 13.5. The number of carbonyl (C=O) groups is 2. The van der Waals surface area contributed by atoms with Crippen molar-refractivity contribution in [1.29, 1.82) is 0 Å². The number of aliphatic hydroxyl groups is 1. The number of aromatic nitrogens is 5. The Morgan fingerprint density at radius 2 is 1.95 bits per heavy atom. The molecular formula is C28H31N9O4S. The second kappa shape index (κ2) is 11.1. The second-order valence-corrected chi connectivity index (χ2v) is 12.1. The fraction of sp³-hybridized carbons (Fsp3) is 0.393. The molecule has 0 spiro atoms. The number of nitrogens with two attached hydrogens (primary N) is 1. The number of rotatable bonds is 7. The third-order valence-electron chi connectivity index (χ3n) is 7.90. The largest absolute Gasteiger partial charge is 0.393 e. The number of pyridine rings is 1. The van der Waals surface area contributed by atoms with Crippen LogP contribution in [0.15, 0.2) is 41.7 Å². The van der Waals surface area contributed by atoms with Crippen molar-refractivity contribution >= 4 is 50.7 Å². The molecule has 4 atom stereocenters. The zero-order chi connectivity index (χ0) is 29.5. The Morgan fingerprint density at radius 3 is 2.69 bits per heavy atom. The Hall–Kier alpha value is -4.43. The highest BCUT2D eigenvalue weighted by atomic mass is 32.1. The topological polar surface area (TPSA) is 181 Å². The monoisotopic (exact) mass is 589 g/mol. The van der Waals surface area contributed by atoms with E-state index in [9.17, 15) is 19.5 Å². The maximum atomic E-state index is 13.5. The molecule has 1 fully saturated rings. The van der Waals surface area contributed by atoms with Crippen molar-refractivity contribution in [2.75, 3.05) is 29.0 Å². The van der Waals surface area contributed by atoms with Crippen molar-refractivity contribution < 1.29 is 14.7 Å². The Balaban J connectivity index is 1.14. The fourth-order valence-electron chi connectivity index (χ4n) is 5.55. The fourth-order valence-corrected chi connectivity index (χ4v) is 6.57. The van der Waals surface area contributed by atoms with Crippen LogP contribution in [0.2, 0.25) is 0 Å². The number of amides is 2. The molecule has 14 heteroatoms. The van der Waals surface area contributed by atoms with Gasteiger partial charge in [0.1, 0.15) is 23.4 Å². The van der Waals surface area contributed by atoms with Crippen molar-refractivity contribution in [3.8, 4) is 0 Å². The van der Waals surface area contributed by atoms with E-state index in [-0.39, 0.29) is 29.0 Å². The molecule has 2 amide bonds. The zero-order valence-electron chi connectivity index (χ0n) is 23.1. The molecule has 1 saturated heterocycles. The number of carbonyl (C=O) groups excluding carboxylic acids is 2. The van der Waals surface area contributed by atoms with E-state index in [1.165, 1.54) is 34.5 Å². The lowest BCUT2D eigenvalue weighted by Crippen LogP contribution is -2.36. The van der Waals surface area contributed by atoms with Crippen LogP contribution in [0.4, 0.5) is 17.5 Å². The summed E-state index contributed by atoms with van der Waals surface area (Å²) in [6, 6.07) is 2.99. The minimum Gasteiger partial charge on any atom is -0.393 e. The molecule has 0 aliphatic carbocycles. The summed E-state index contributed by atoms with van der Waals surface area (Å²) in [5.74, 6) is 0.589. The Kier molecular flexibility index (Phi) is 7.33. The Morgan fingerprint density at radius 1 is 1.17 bits per heavy atom. The quantitative estimate of drug-likeness (QED) is 0.249. The summed E-state index contributed by atoms with van der Waals surface area (Å²) in [5, 5.41) is 16.3. The van der Waals surface area contributed by atoms with Gasteiger partial charge in [-0.25, -0.2) is 19.9 Å². The highest BCUT2D eigenvalue weighted by Gasteiger charge is 2.36. The van der Waals surface area contributed by atoms with Gasteiger partial charge in [-0.2, -0.15) is 0 Å². The van der Waals surface area contributed by atoms with E-state index in [1.54, 1.807) is 19.2 Å². The minimum absolute atomic E-state index is 0.0337. The number of thiophene rings is 1. The maximum Gasteiger partial charge on any atom is 0.278 e. The van der Waals surface area contributed by atoms with E-state index in [0.29, 0.717) is 37.1 Å². The van der Waals surface area contributed by atoms with Crippen LogP contribution in [-0.2, 0) is 11.3 Å². The number of nitrogens with one attached hydrogen (secondary N) is 2. The molecule has 6 rings (SSSR count). The molecule has 4 aromatic heterocycles. The first-order valence-electron chi connectivity index (χ1n) is 13.8. The molecule has 42 heavy (non-hydrogen) atoms. The molecule has 2 aliphatic rings. The highest BCUT2D eigenvalue weighted by molar-refractivity contribution is 7.19. The van der Waals surface area contributed by atoms with Gasteiger partial charge in [-0.1, -0.05) is 6.92 Å². The van der Waals surface area contributed by atoms with Gasteiger partial charge in [-0.3, -0.25) is 19.0 Å². The smallest absolute Gasteiger partial charge is 0.278 e. The van der Waals surface area contributed by atoms with Crippen LogP contribution in [0, 0.1) is 5.92 Å². The predicted octanol–water partition coefficient (Wildman–Crippen LogP) is 2.05. The lowest BCUT2D eigenvalue weighted by molar-refractivity contribution is -0.124. The summed E-state index contributed by atoms with van der Waals surface area (Å²) >= 11 is 1.52. The molecule has 5 N–H and O–H groups in total. The molecule has 6 heterocycles. The van der Waals surface area contributed by atoms with Crippen molar-refractivity contribution in [2.24, 2.45) is 5.92 Å². The summed E-state index contributed by atoms with van der Waals surface area (Å²) in [5.41, 5.74) is 5.42. The van der Waals surface area contributed by atoms with Crippen molar-refractivity contribution in [3.63, 3.8) is 0 Å². The van der Waals surface area contributed by atoms with Crippen LogP contribution in [0.1, 0.15) is 59.7 Å². The molecule has 2 aliphatic heterocycles. The summed E-state index contributed by atoms with van der Waals surface area (Å²) in [6.45, 7) is 5.35. The van der Waals surface area contributed by atoms with E-state index in [4.69, 9.17) is 5.73 Å². The van der Waals surface area contributed by atoms with Crippen LogP contribution in [0.25, 0.3) is 10.1 Å². The molecule has 0 bridgehead atoms. The van der Waals surface area contributed by atoms with Crippen molar-refractivity contribution in [1.82, 2.24) is 29.8 Å². The van der Waals surface area contributed by atoms with E-state index >= 15 is 0 Å². The molecule has 0 aromatic carbocycles. The number of nitrogen functional groups attached to an aromatic ring is 1. The first-order chi connectivity index (χ1) is 20.2. The highest BCUT2D eigenvalue weighted by Crippen LogP contribution is 2.34. The van der Waals surface area contributed by atoms with Crippen LogP contribution in [0.5, 0.6) is 0 Å². The number of nitrogens with zero attached hydrogens (tertiary/aromatic N) is 6. The molecule has 1 unspecified atom stereocenters. The van der Waals surface area contributed by atoms with Gasteiger partial charge in [0.2, 0.25) is 11.9 Å². The molecule has 218 valence electrons. The Labute approximate surface area is 244 Å². The zero-order valence-corrected chi connectivity index (χ0v) is 24.0. The first kappa shape index (κ1) is 27.7. The number of anilines is 3. The van der Waals surface area contributed by atoms with E-state index in [0.717, 1.165) is 27.9 Å². The van der Waals surface area contributed by atoms with Gasteiger partial charge in [-0.05, 0) is 31.9 Å². The van der Waals surface area contributed by atoms with Gasteiger partial charge in [0.05, 0.1) is 24.4 Å². The van der Waals surface area contributed by atoms with Gasteiger partial charge in [0, 0.05) is 58.5 Å². The lowest BCUT2D eigenvalue weighted by atomic mass is 10.0. The van der Waals surface area contributed by atoms with E-state index < -0.39 is 23.6 Å². The number of aliphatic hydroxyl groups excluding tert-OH is 1. The summed E-state index contributed by atoms with van der Waals surface area (Å²) < 4.78 is 2.35. The van der Waals surface area contributed by atoms with Gasteiger partial charge in [0.25, 0.3) is 11.5 Å². The normalized spacial score (nSPS) is 20.5. The SMILES string of the molecule is CC(O)[C@@H]1CCN(c2ncc(C(=O)Nc3cnc4n(c3=O)[C@H](C(=O)NCc3cc5cnc(N)cc5s3)C[C@H]4C)cn2)C1. The minimum atomic E-state index is -0.757. The van der Waals surface area contributed by atoms with Crippen LogP contribution in [-0.4, -0.2) is 60.6 Å². The van der Waals surface area contributed by atoms with Gasteiger partial charge < -0.3 is 26.4 Å². The lowest BCUT2D eigenvalue weighted by Gasteiger charge is -2.17. The van der Waals surface area contributed by atoms with Crippen LogP contribution < -0.4 is 26.8 Å². The average Bonchev–Trinajstić information content (AvgIpc) is 3.70. The number of fused-ring (bicyclic) bond motifs is 2.